The van der Waals surface area contributed by atoms with Crippen molar-refractivity contribution in [1.82, 2.24) is 10.1 Å². The Balaban J connectivity index is 2.05. The van der Waals surface area contributed by atoms with Gasteiger partial charge in [0.2, 0.25) is 0 Å². The predicted molar refractivity (Wildman–Crippen MR) is 64.9 cm³/mol. The van der Waals surface area contributed by atoms with E-state index in [1.165, 1.54) is 12.1 Å². The molecule has 0 bridgehead atoms. The highest BCUT2D eigenvalue weighted by Crippen LogP contribution is 2.23. The van der Waals surface area contributed by atoms with E-state index in [2.05, 4.69) is 10.1 Å². The molecule has 102 valence electrons. The summed E-state index contributed by atoms with van der Waals surface area (Å²) >= 11 is 0. The quantitative estimate of drug-likeness (QED) is 0.868. The second kappa shape index (κ2) is 6.29. The van der Waals surface area contributed by atoms with Gasteiger partial charge >= 0.3 is 0 Å². The molecule has 2 rings (SSSR count). The van der Waals surface area contributed by atoms with Crippen molar-refractivity contribution in [2.75, 3.05) is 0 Å². The molecule has 2 aromatic rings. The molecule has 5 nitrogen and oxygen atoms in total. The van der Waals surface area contributed by atoms with Gasteiger partial charge in [0.25, 0.3) is 5.89 Å². The predicted octanol–water partition coefficient (Wildman–Crippen LogP) is 2.23. The minimum atomic E-state index is -0.528. The second-order valence-corrected chi connectivity index (χ2v) is 4.03. The maximum atomic E-state index is 13.6. The zero-order valence-corrected chi connectivity index (χ0v) is 10.6. The van der Waals surface area contributed by atoms with E-state index in [9.17, 15) is 4.39 Å². The third-order valence-corrected chi connectivity index (χ3v) is 2.54. The van der Waals surface area contributed by atoms with Gasteiger partial charge in [0, 0.05) is 12.0 Å². The lowest BCUT2D eigenvalue weighted by Gasteiger charge is -2.08. The zero-order chi connectivity index (χ0) is 13.7. The molecule has 0 aliphatic rings. The van der Waals surface area contributed by atoms with Gasteiger partial charge < -0.3 is 14.4 Å². The normalized spacial score (nSPS) is 10.7. The van der Waals surface area contributed by atoms with Crippen molar-refractivity contribution in [2.24, 2.45) is 0 Å². The average Bonchev–Trinajstić information content (AvgIpc) is 2.85. The second-order valence-electron chi connectivity index (χ2n) is 4.03. The zero-order valence-electron chi connectivity index (χ0n) is 10.6. The van der Waals surface area contributed by atoms with E-state index < -0.39 is 5.82 Å². The molecule has 1 N–H and O–H groups in total. The van der Waals surface area contributed by atoms with Gasteiger partial charge in [-0.3, -0.25) is 0 Å². The number of aliphatic hydroxyl groups excluding tert-OH is 1. The first kappa shape index (κ1) is 13.5. The van der Waals surface area contributed by atoms with Gasteiger partial charge in [-0.1, -0.05) is 24.2 Å². The molecule has 0 aliphatic carbocycles. The molecule has 0 spiro atoms. The molecular formula is C13H15FN2O3. The van der Waals surface area contributed by atoms with Crippen molar-refractivity contribution in [2.45, 2.75) is 33.0 Å². The number of nitrogens with zero attached hydrogens (tertiary/aromatic N) is 2. The summed E-state index contributed by atoms with van der Waals surface area (Å²) in [6.07, 6.45) is 1.65. The fourth-order valence-electron chi connectivity index (χ4n) is 1.65. The minimum Gasteiger partial charge on any atom is -0.480 e. The summed E-state index contributed by atoms with van der Waals surface area (Å²) in [4.78, 5) is 4.11. The van der Waals surface area contributed by atoms with E-state index in [1.807, 2.05) is 6.92 Å². The Kier molecular flexibility index (Phi) is 4.46. The van der Waals surface area contributed by atoms with E-state index >= 15 is 0 Å². The molecule has 0 radical (unpaired) electrons. The van der Waals surface area contributed by atoms with Crippen LogP contribution in [0.3, 0.4) is 0 Å². The van der Waals surface area contributed by atoms with Gasteiger partial charge in [0.15, 0.2) is 24.0 Å². The van der Waals surface area contributed by atoms with Crippen LogP contribution in [0, 0.1) is 5.82 Å². The molecule has 0 fully saturated rings. The Morgan fingerprint density at radius 1 is 1.42 bits per heavy atom. The van der Waals surface area contributed by atoms with Crippen LogP contribution >= 0.6 is 0 Å². The molecule has 1 heterocycles. The van der Waals surface area contributed by atoms with Gasteiger partial charge in [-0.25, -0.2) is 4.39 Å². The summed E-state index contributed by atoms with van der Waals surface area (Å²) in [5.74, 6) is 0.382. The Morgan fingerprint density at radius 2 is 2.26 bits per heavy atom. The van der Waals surface area contributed by atoms with Crippen LogP contribution in [0.5, 0.6) is 5.75 Å². The molecule has 0 saturated carbocycles. The SMILES string of the molecule is CCCc1noc(COc2c(F)cccc2CO)n1. The van der Waals surface area contributed by atoms with Gasteiger partial charge in [-0.15, -0.1) is 0 Å². The summed E-state index contributed by atoms with van der Waals surface area (Å²) < 4.78 is 23.8. The average molecular weight is 266 g/mol. The standard InChI is InChI=1S/C13H15FN2O3/c1-2-4-11-15-12(19-16-11)8-18-13-9(7-17)5-3-6-10(13)14/h3,5-6,17H,2,4,7-8H2,1H3. The summed E-state index contributed by atoms with van der Waals surface area (Å²) in [5, 5.41) is 12.9. The Morgan fingerprint density at radius 3 is 3.00 bits per heavy atom. The van der Waals surface area contributed by atoms with Gasteiger partial charge in [-0.05, 0) is 12.5 Å². The maximum absolute atomic E-state index is 13.6. The fraction of sp³-hybridized carbons (Fsp3) is 0.385. The van der Waals surface area contributed by atoms with Crippen LogP contribution in [0.1, 0.15) is 30.6 Å². The lowest BCUT2D eigenvalue weighted by molar-refractivity contribution is 0.220. The van der Waals surface area contributed by atoms with E-state index in [-0.39, 0.29) is 24.9 Å². The number of halogens is 1. The molecule has 0 atom stereocenters. The molecule has 6 heteroatoms. The van der Waals surface area contributed by atoms with Crippen LogP contribution in [0.15, 0.2) is 22.7 Å². The largest absolute Gasteiger partial charge is 0.480 e. The van der Waals surface area contributed by atoms with Crippen molar-refractivity contribution < 1.29 is 18.8 Å². The van der Waals surface area contributed by atoms with Crippen LogP contribution in [0.4, 0.5) is 4.39 Å². The van der Waals surface area contributed by atoms with Crippen LogP contribution in [-0.4, -0.2) is 15.2 Å². The summed E-state index contributed by atoms with van der Waals surface area (Å²) in [6.45, 7) is 1.70. The van der Waals surface area contributed by atoms with E-state index in [4.69, 9.17) is 14.4 Å². The van der Waals surface area contributed by atoms with Crippen LogP contribution in [-0.2, 0) is 19.6 Å². The van der Waals surface area contributed by atoms with Gasteiger partial charge in [0.1, 0.15) is 0 Å². The maximum Gasteiger partial charge on any atom is 0.264 e. The fourth-order valence-corrected chi connectivity index (χ4v) is 1.65. The monoisotopic (exact) mass is 266 g/mol. The number of hydrogen-bond donors (Lipinski definition) is 1. The molecule has 0 unspecified atom stereocenters. The number of aliphatic hydroxyl groups is 1. The third kappa shape index (κ3) is 3.29. The topological polar surface area (TPSA) is 68.4 Å². The highest BCUT2D eigenvalue weighted by molar-refractivity contribution is 5.34. The van der Waals surface area contributed by atoms with E-state index in [0.29, 0.717) is 11.4 Å². The first-order valence-electron chi connectivity index (χ1n) is 6.07. The minimum absolute atomic E-state index is 0.0141. The smallest absolute Gasteiger partial charge is 0.264 e. The summed E-state index contributed by atoms with van der Waals surface area (Å²) in [7, 11) is 0. The van der Waals surface area contributed by atoms with Crippen LogP contribution in [0.25, 0.3) is 0 Å². The number of ether oxygens (including phenoxy) is 1. The number of rotatable bonds is 6. The molecular weight excluding hydrogens is 251 g/mol. The Bertz CT molecular complexity index is 542. The van der Waals surface area contributed by atoms with Crippen molar-refractivity contribution in [3.8, 4) is 5.75 Å². The molecule has 0 aliphatic heterocycles. The molecule has 1 aromatic carbocycles. The Labute approximate surface area is 110 Å². The number of aromatic nitrogens is 2. The van der Waals surface area contributed by atoms with Crippen molar-refractivity contribution in [3.63, 3.8) is 0 Å². The van der Waals surface area contributed by atoms with Crippen LogP contribution in [0.2, 0.25) is 0 Å². The van der Waals surface area contributed by atoms with Gasteiger partial charge in [0.05, 0.1) is 6.61 Å². The first-order valence-corrected chi connectivity index (χ1v) is 6.07. The first-order chi connectivity index (χ1) is 9.24. The van der Waals surface area contributed by atoms with Gasteiger partial charge in [-0.2, -0.15) is 4.98 Å². The highest BCUT2D eigenvalue weighted by atomic mass is 19.1. The highest BCUT2D eigenvalue weighted by Gasteiger charge is 2.12. The summed E-state index contributed by atoms with van der Waals surface area (Å²) in [5.41, 5.74) is 0.383. The number of aryl methyl sites for hydroxylation is 1. The lowest BCUT2D eigenvalue weighted by Crippen LogP contribution is -2.01. The number of benzene rings is 1. The van der Waals surface area contributed by atoms with E-state index in [0.717, 1.165) is 12.8 Å². The Hall–Kier alpha value is -1.95. The van der Waals surface area contributed by atoms with Crippen molar-refractivity contribution >= 4 is 0 Å². The number of hydrogen-bond acceptors (Lipinski definition) is 5. The molecule has 1 aromatic heterocycles. The molecule has 0 amide bonds. The third-order valence-electron chi connectivity index (χ3n) is 2.54. The lowest BCUT2D eigenvalue weighted by atomic mass is 10.2. The van der Waals surface area contributed by atoms with E-state index in [1.54, 1.807) is 6.07 Å². The van der Waals surface area contributed by atoms with Crippen molar-refractivity contribution in [3.05, 3.63) is 41.3 Å². The molecule has 19 heavy (non-hydrogen) atoms. The van der Waals surface area contributed by atoms with Crippen LogP contribution < -0.4 is 4.74 Å². The van der Waals surface area contributed by atoms with Crippen molar-refractivity contribution in [1.29, 1.82) is 0 Å². The number of para-hydroxylation sites is 1. The molecule has 0 saturated heterocycles. The summed E-state index contributed by atoms with van der Waals surface area (Å²) in [6, 6.07) is 4.37.